The molecule has 0 aliphatic rings. The Hall–Kier alpha value is -2.85. The minimum atomic E-state index is -4.50. The molecule has 156 valence electrons. The van der Waals surface area contributed by atoms with Crippen LogP contribution in [0.2, 0.25) is 0 Å². The summed E-state index contributed by atoms with van der Waals surface area (Å²) in [5.74, 6) is -0.883. The molecule has 0 unspecified atom stereocenters. The van der Waals surface area contributed by atoms with Gasteiger partial charge >= 0.3 is 6.18 Å². The van der Waals surface area contributed by atoms with Gasteiger partial charge in [0.15, 0.2) is 6.61 Å². The Kier molecular flexibility index (Phi) is 7.40. The predicted molar refractivity (Wildman–Crippen MR) is 103 cm³/mol. The molecule has 0 fully saturated rings. The van der Waals surface area contributed by atoms with E-state index in [1.165, 1.54) is 42.5 Å². The van der Waals surface area contributed by atoms with Crippen LogP contribution in [-0.2, 0) is 26.7 Å². The number of amides is 1. The molecule has 2 rings (SSSR count). The van der Waals surface area contributed by atoms with Crippen LogP contribution in [-0.4, -0.2) is 27.5 Å². The smallest absolute Gasteiger partial charge is 0.416 e. The third kappa shape index (κ3) is 7.59. The van der Waals surface area contributed by atoms with Crippen LogP contribution in [0.5, 0.6) is 5.75 Å². The number of ether oxygens (including phenoxy) is 1. The highest BCUT2D eigenvalue weighted by atomic mass is 32.2. The van der Waals surface area contributed by atoms with Crippen molar-refractivity contribution in [3.05, 3.63) is 72.3 Å². The number of nitrogens with one attached hydrogen (secondary N) is 2. The molecule has 0 atom stereocenters. The van der Waals surface area contributed by atoms with Crippen molar-refractivity contribution in [2.45, 2.75) is 11.9 Å². The van der Waals surface area contributed by atoms with Crippen molar-refractivity contribution in [1.29, 1.82) is 0 Å². The molecule has 0 aromatic heterocycles. The average Bonchev–Trinajstić information content (AvgIpc) is 2.66. The highest BCUT2D eigenvalue weighted by Crippen LogP contribution is 2.31. The van der Waals surface area contributed by atoms with Gasteiger partial charge in [0.05, 0.1) is 11.3 Å². The molecule has 0 aliphatic carbocycles. The lowest BCUT2D eigenvalue weighted by Gasteiger charge is -2.11. The summed E-state index contributed by atoms with van der Waals surface area (Å²) < 4.78 is 69.1. The lowest BCUT2D eigenvalue weighted by molar-refractivity contribution is -0.137. The quantitative estimate of drug-likeness (QED) is 0.600. The Morgan fingerprint density at radius 3 is 2.45 bits per heavy atom. The van der Waals surface area contributed by atoms with Crippen LogP contribution in [0.3, 0.4) is 0 Å². The van der Waals surface area contributed by atoms with Gasteiger partial charge in [-0.25, -0.2) is 13.1 Å². The summed E-state index contributed by atoms with van der Waals surface area (Å²) in [6.45, 7) is 3.08. The predicted octanol–water partition coefficient (Wildman–Crippen LogP) is 3.33. The summed E-state index contributed by atoms with van der Waals surface area (Å²) in [7, 11) is -3.49. The molecular formula is C19H19F3N2O4S. The van der Waals surface area contributed by atoms with Crippen LogP contribution in [0, 0.1) is 0 Å². The fraction of sp³-hybridized carbons (Fsp3) is 0.211. The van der Waals surface area contributed by atoms with Crippen LogP contribution in [0.4, 0.5) is 18.9 Å². The molecule has 0 saturated carbocycles. The van der Waals surface area contributed by atoms with Crippen LogP contribution in [0.1, 0.15) is 11.1 Å². The maximum Gasteiger partial charge on any atom is 0.416 e. The van der Waals surface area contributed by atoms with E-state index < -0.39 is 34.3 Å². The SMILES string of the molecule is C=CCNS(=O)(=O)Cc1ccc(NC(=O)COc2cccc(C(F)(F)F)c2)cc1. The van der Waals surface area contributed by atoms with Crippen molar-refractivity contribution in [2.75, 3.05) is 18.5 Å². The lowest BCUT2D eigenvalue weighted by atomic mass is 10.2. The normalized spacial score (nSPS) is 11.7. The summed E-state index contributed by atoms with van der Waals surface area (Å²) >= 11 is 0. The Bertz CT molecular complexity index is 958. The first kappa shape index (κ1) is 22.4. The molecule has 2 aromatic carbocycles. The van der Waals surface area contributed by atoms with Crippen molar-refractivity contribution in [3.8, 4) is 5.75 Å². The molecule has 6 nitrogen and oxygen atoms in total. The molecule has 0 saturated heterocycles. The van der Waals surface area contributed by atoms with Crippen LogP contribution >= 0.6 is 0 Å². The number of rotatable bonds is 9. The molecule has 0 bridgehead atoms. The minimum Gasteiger partial charge on any atom is -0.484 e. The molecule has 10 heteroatoms. The molecule has 2 aromatic rings. The van der Waals surface area contributed by atoms with E-state index in [1.807, 2.05) is 0 Å². The van der Waals surface area contributed by atoms with Gasteiger partial charge in [-0.15, -0.1) is 6.58 Å². The molecule has 0 radical (unpaired) electrons. The van der Waals surface area contributed by atoms with Gasteiger partial charge in [-0.1, -0.05) is 24.3 Å². The van der Waals surface area contributed by atoms with Gasteiger partial charge in [0.1, 0.15) is 5.75 Å². The van der Waals surface area contributed by atoms with E-state index in [9.17, 15) is 26.4 Å². The highest BCUT2D eigenvalue weighted by Gasteiger charge is 2.30. The second kappa shape index (κ2) is 9.57. The number of benzene rings is 2. The van der Waals surface area contributed by atoms with E-state index in [-0.39, 0.29) is 18.0 Å². The number of halogens is 3. The highest BCUT2D eigenvalue weighted by molar-refractivity contribution is 7.88. The molecule has 0 aliphatic heterocycles. The van der Waals surface area contributed by atoms with E-state index in [1.54, 1.807) is 0 Å². The van der Waals surface area contributed by atoms with E-state index in [4.69, 9.17) is 4.74 Å². The summed E-state index contributed by atoms with van der Waals surface area (Å²) in [4.78, 5) is 11.9. The summed E-state index contributed by atoms with van der Waals surface area (Å²) in [5, 5.41) is 2.52. The summed E-state index contributed by atoms with van der Waals surface area (Å²) in [6, 6.07) is 10.3. The fourth-order valence-electron chi connectivity index (χ4n) is 2.25. The van der Waals surface area contributed by atoms with Crippen LogP contribution in [0.25, 0.3) is 0 Å². The summed E-state index contributed by atoms with van der Waals surface area (Å²) in [5.41, 5.74) is 0.0335. The Balaban J connectivity index is 1.89. The Labute approximate surface area is 166 Å². The number of hydrogen-bond acceptors (Lipinski definition) is 4. The number of hydrogen-bond donors (Lipinski definition) is 2. The second-order valence-corrected chi connectivity index (χ2v) is 7.76. The van der Waals surface area contributed by atoms with E-state index >= 15 is 0 Å². The van der Waals surface area contributed by atoms with E-state index in [0.29, 0.717) is 11.3 Å². The van der Waals surface area contributed by atoms with Crippen molar-refractivity contribution in [2.24, 2.45) is 0 Å². The third-order valence-electron chi connectivity index (χ3n) is 3.57. The molecule has 29 heavy (non-hydrogen) atoms. The zero-order chi connectivity index (χ0) is 21.5. The molecule has 2 N–H and O–H groups in total. The fourth-order valence-corrected chi connectivity index (χ4v) is 3.35. The van der Waals surface area contributed by atoms with Crippen molar-refractivity contribution in [3.63, 3.8) is 0 Å². The third-order valence-corrected chi connectivity index (χ3v) is 4.89. The number of sulfonamides is 1. The van der Waals surface area contributed by atoms with E-state index in [2.05, 4.69) is 16.6 Å². The van der Waals surface area contributed by atoms with Gasteiger partial charge in [-0.3, -0.25) is 4.79 Å². The van der Waals surface area contributed by atoms with Gasteiger partial charge in [0.2, 0.25) is 10.0 Å². The first-order valence-corrected chi connectivity index (χ1v) is 10.0. The molecule has 0 heterocycles. The number of carbonyl (C=O) groups excluding carboxylic acids is 1. The average molecular weight is 428 g/mol. The molecule has 1 amide bonds. The van der Waals surface area contributed by atoms with E-state index in [0.717, 1.165) is 12.1 Å². The van der Waals surface area contributed by atoms with Gasteiger partial charge < -0.3 is 10.1 Å². The number of carbonyl (C=O) groups is 1. The number of anilines is 1. The Morgan fingerprint density at radius 2 is 1.83 bits per heavy atom. The first-order valence-electron chi connectivity index (χ1n) is 8.36. The van der Waals surface area contributed by atoms with Gasteiger partial charge in [0, 0.05) is 12.2 Å². The zero-order valence-corrected chi connectivity index (χ0v) is 16.0. The number of alkyl halides is 3. The molecule has 0 spiro atoms. The van der Waals surface area contributed by atoms with Crippen molar-refractivity contribution in [1.82, 2.24) is 4.72 Å². The Morgan fingerprint density at radius 1 is 1.14 bits per heavy atom. The largest absolute Gasteiger partial charge is 0.484 e. The maximum atomic E-state index is 12.7. The van der Waals surface area contributed by atoms with Gasteiger partial charge in [0.25, 0.3) is 5.91 Å². The topological polar surface area (TPSA) is 84.5 Å². The molecular weight excluding hydrogens is 409 g/mol. The van der Waals surface area contributed by atoms with Gasteiger partial charge in [-0.2, -0.15) is 13.2 Å². The standard InChI is InChI=1S/C19H19F3N2O4S/c1-2-10-23-29(26,27)13-14-6-8-16(9-7-14)24-18(25)12-28-17-5-3-4-15(11-17)19(20,21)22/h2-9,11,23H,1,10,12-13H2,(H,24,25). The lowest BCUT2D eigenvalue weighted by Crippen LogP contribution is -2.25. The van der Waals surface area contributed by atoms with Crippen LogP contribution in [0.15, 0.2) is 61.2 Å². The summed E-state index contributed by atoms with van der Waals surface area (Å²) in [6.07, 6.45) is -3.07. The van der Waals surface area contributed by atoms with Crippen LogP contribution < -0.4 is 14.8 Å². The second-order valence-electron chi connectivity index (χ2n) is 5.96. The monoisotopic (exact) mass is 428 g/mol. The van der Waals surface area contributed by atoms with Crippen molar-refractivity contribution >= 4 is 21.6 Å². The van der Waals surface area contributed by atoms with Crippen molar-refractivity contribution < 1.29 is 31.1 Å². The zero-order valence-electron chi connectivity index (χ0n) is 15.2. The maximum absolute atomic E-state index is 12.7. The first-order chi connectivity index (χ1) is 13.6. The van der Waals surface area contributed by atoms with Gasteiger partial charge in [-0.05, 0) is 35.9 Å². The minimum absolute atomic E-state index is 0.0810.